The van der Waals surface area contributed by atoms with Gasteiger partial charge in [0.1, 0.15) is 5.69 Å². The molecule has 0 radical (unpaired) electrons. The first-order valence-electron chi connectivity index (χ1n) is 6.03. The normalized spacial score (nSPS) is 19.0. The third-order valence-corrected chi connectivity index (χ3v) is 3.46. The molecule has 1 fully saturated rings. The summed E-state index contributed by atoms with van der Waals surface area (Å²) in [5, 5.41) is 6.44. The average Bonchev–Trinajstić information content (AvgIpc) is 2.58. The molecule has 5 heteroatoms. The summed E-state index contributed by atoms with van der Waals surface area (Å²) in [6.07, 6.45) is 3.61. The van der Waals surface area contributed by atoms with E-state index in [4.69, 9.17) is 0 Å². The van der Waals surface area contributed by atoms with Gasteiger partial charge in [0, 0.05) is 12.6 Å². The summed E-state index contributed by atoms with van der Waals surface area (Å²) in [6.45, 7) is 5.89. The van der Waals surface area contributed by atoms with E-state index in [2.05, 4.69) is 22.5 Å². The lowest BCUT2D eigenvalue weighted by Crippen LogP contribution is -2.52. The van der Waals surface area contributed by atoms with Gasteiger partial charge in [0.15, 0.2) is 0 Å². The number of aryl methyl sites for hydroxylation is 2. The van der Waals surface area contributed by atoms with Gasteiger partial charge in [-0.25, -0.2) is 4.98 Å². The summed E-state index contributed by atoms with van der Waals surface area (Å²) < 4.78 is 1.77. The molecule has 0 spiro atoms. The molecular weight excluding hydrogens is 216 g/mol. The van der Waals surface area contributed by atoms with E-state index in [1.54, 1.807) is 10.9 Å². The Morgan fingerprint density at radius 2 is 2.18 bits per heavy atom. The number of nitrogens with one attached hydrogen (secondary N) is 2. The Balaban J connectivity index is 2.11. The highest BCUT2D eigenvalue weighted by atomic mass is 16.2. The number of imidazole rings is 1. The van der Waals surface area contributed by atoms with Crippen molar-refractivity contribution in [3.63, 3.8) is 0 Å². The Morgan fingerprint density at radius 1 is 1.53 bits per heavy atom. The van der Waals surface area contributed by atoms with Gasteiger partial charge >= 0.3 is 0 Å². The molecular formula is C12H20N4O. The van der Waals surface area contributed by atoms with Crippen LogP contribution in [0.2, 0.25) is 0 Å². The smallest absolute Gasteiger partial charge is 0.270 e. The van der Waals surface area contributed by atoms with E-state index in [1.165, 1.54) is 0 Å². The van der Waals surface area contributed by atoms with Crippen molar-refractivity contribution in [2.45, 2.75) is 32.2 Å². The van der Waals surface area contributed by atoms with Crippen LogP contribution in [0.1, 0.15) is 35.9 Å². The van der Waals surface area contributed by atoms with E-state index >= 15 is 0 Å². The fourth-order valence-electron chi connectivity index (χ4n) is 2.31. The third-order valence-electron chi connectivity index (χ3n) is 3.46. The summed E-state index contributed by atoms with van der Waals surface area (Å²) in [5.74, 6) is -0.0214. The second kappa shape index (κ2) is 4.49. The highest BCUT2D eigenvalue weighted by Crippen LogP contribution is 2.18. The predicted molar refractivity (Wildman–Crippen MR) is 65.9 cm³/mol. The number of aromatic nitrogens is 2. The van der Waals surface area contributed by atoms with Crippen molar-refractivity contribution in [1.29, 1.82) is 0 Å². The number of piperidine rings is 1. The summed E-state index contributed by atoms with van der Waals surface area (Å²) in [5.41, 5.74) is 1.34. The van der Waals surface area contributed by atoms with Crippen molar-refractivity contribution in [3.05, 3.63) is 17.7 Å². The number of rotatable bonds is 2. The van der Waals surface area contributed by atoms with Crippen molar-refractivity contribution in [1.82, 2.24) is 20.2 Å². The molecule has 0 unspecified atom stereocenters. The van der Waals surface area contributed by atoms with E-state index in [1.807, 2.05) is 14.0 Å². The molecule has 1 aromatic rings. The van der Waals surface area contributed by atoms with Gasteiger partial charge in [-0.05, 0) is 39.8 Å². The lowest BCUT2D eigenvalue weighted by atomic mass is 9.90. The van der Waals surface area contributed by atoms with Crippen LogP contribution < -0.4 is 10.6 Å². The minimum atomic E-state index is -0.0982. The Hall–Kier alpha value is -1.36. The van der Waals surface area contributed by atoms with Crippen LogP contribution in [0.15, 0.2) is 6.33 Å². The Morgan fingerprint density at radius 3 is 2.71 bits per heavy atom. The molecule has 1 aromatic heterocycles. The van der Waals surface area contributed by atoms with Gasteiger partial charge in [-0.3, -0.25) is 4.79 Å². The number of carbonyl (C=O) groups is 1. The fraction of sp³-hybridized carbons (Fsp3) is 0.667. The highest BCUT2D eigenvalue weighted by Gasteiger charge is 2.29. The zero-order valence-corrected chi connectivity index (χ0v) is 10.7. The zero-order valence-electron chi connectivity index (χ0n) is 10.7. The molecule has 0 aromatic carbocycles. The van der Waals surface area contributed by atoms with Crippen LogP contribution in [-0.2, 0) is 7.05 Å². The van der Waals surface area contributed by atoms with Crippen molar-refractivity contribution in [3.8, 4) is 0 Å². The zero-order chi connectivity index (χ0) is 12.5. The van der Waals surface area contributed by atoms with E-state index < -0.39 is 0 Å². The maximum absolute atomic E-state index is 12.2. The number of carbonyl (C=O) groups excluding carboxylic acids is 1. The minimum absolute atomic E-state index is 0.0214. The van der Waals surface area contributed by atoms with Crippen molar-refractivity contribution >= 4 is 5.91 Å². The maximum atomic E-state index is 12.2. The molecule has 0 atom stereocenters. The molecule has 2 N–H and O–H groups in total. The molecule has 5 nitrogen and oxygen atoms in total. The van der Waals surface area contributed by atoms with Crippen LogP contribution in [-0.4, -0.2) is 34.1 Å². The van der Waals surface area contributed by atoms with Crippen LogP contribution in [0.3, 0.4) is 0 Å². The Bertz CT molecular complexity index is 399. The maximum Gasteiger partial charge on any atom is 0.270 e. The monoisotopic (exact) mass is 236 g/mol. The quantitative estimate of drug-likeness (QED) is 0.790. The Labute approximate surface area is 102 Å². The first kappa shape index (κ1) is 12.1. The van der Waals surface area contributed by atoms with Crippen molar-refractivity contribution in [2.75, 3.05) is 13.1 Å². The lowest BCUT2D eigenvalue weighted by molar-refractivity contribution is 0.0878. The fourth-order valence-corrected chi connectivity index (χ4v) is 2.31. The number of hydrogen-bond acceptors (Lipinski definition) is 3. The molecule has 1 amide bonds. The van der Waals surface area contributed by atoms with E-state index in [9.17, 15) is 4.79 Å². The standard InChI is InChI=1S/C12H20N4O/c1-9-10(16(3)8-14-9)11(17)15-12(2)4-6-13-7-5-12/h8,13H,4-7H2,1-3H3,(H,15,17). The van der Waals surface area contributed by atoms with Crippen LogP contribution in [0.5, 0.6) is 0 Å². The largest absolute Gasteiger partial charge is 0.345 e. The molecule has 17 heavy (non-hydrogen) atoms. The van der Waals surface area contributed by atoms with Gasteiger partial charge in [-0.1, -0.05) is 0 Å². The predicted octanol–water partition coefficient (Wildman–Crippen LogP) is 0.600. The summed E-state index contributed by atoms with van der Waals surface area (Å²) >= 11 is 0. The summed E-state index contributed by atoms with van der Waals surface area (Å²) in [7, 11) is 1.85. The lowest BCUT2D eigenvalue weighted by Gasteiger charge is -2.35. The van der Waals surface area contributed by atoms with Gasteiger partial charge in [-0.2, -0.15) is 0 Å². The topological polar surface area (TPSA) is 59.0 Å². The SMILES string of the molecule is Cc1ncn(C)c1C(=O)NC1(C)CCNCC1. The molecule has 2 rings (SSSR count). The van der Waals surface area contributed by atoms with Crippen molar-refractivity contribution in [2.24, 2.45) is 7.05 Å². The second-order valence-electron chi connectivity index (χ2n) is 5.05. The molecule has 0 bridgehead atoms. The van der Waals surface area contributed by atoms with Gasteiger partial charge in [0.05, 0.1) is 12.0 Å². The third kappa shape index (κ3) is 2.49. The molecule has 0 saturated carbocycles. The first-order valence-corrected chi connectivity index (χ1v) is 6.03. The second-order valence-corrected chi connectivity index (χ2v) is 5.05. The Kier molecular flexibility index (Phi) is 3.19. The van der Waals surface area contributed by atoms with E-state index in [-0.39, 0.29) is 11.4 Å². The average molecular weight is 236 g/mol. The number of nitrogens with zero attached hydrogens (tertiary/aromatic N) is 2. The van der Waals surface area contributed by atoms with Crippen molar-refractivity contribution < 1.29 is 4.79 Å². The minimum Gasteiger partial charge on any atom is -0.345 e. The number of amides is 1. The van der Waals surface area contributed by atoms with Gasteiger partial charge in [0.25, 0.3) is 5.91 Å². The summed E-state index contributed by atoms with van der Waals surface area (Å²) in [4.78, 5) is 16.4. The highest BCUT2D eigenvalue weighted by molar-refractivity contribution is 5.94. The van der Waals surface area contributed by atoms with Crippen LogP contribution in [0.25, 0.3) is 0 Å². The summed E-state index contributed by atoms with van der Waals surface area (Å²) in [6, 6.07) is 0. The van der Waals surface area contributed by atoms with Gasteiger partial charge < -0.3 is 15.2 Å². The van der Waals surface area contributed by atoms with E-state index in [0.717, 1.165) is 31.6 Å². The first-order chi connectivity index (χ1) is 8.02. The molecule has 94 valence electrons. The van der Waals surface area contributed by atoms with Crippen LogP contribution in [0.4, 0.5) is 0 Å². The van der Waals surface area contributed by atoms with Crippen LogP contribution in [0, 0.1) is 6.92 Å². The van der Waals surface area contributed by atoms with Gasteiger partial charge in [0.2, 0.25) is 0 Å². The molecule has 1 aliphatic rings. The molecule has 0 aliphatic carbocycles. The molecule has 1 aliphatic heterocycles. The molecule has 2 heterocycles. The van der Waals surface area contributed by atoms with E-state index in [0.29, 0.717) is 5.69 Å². The van der Waals surface area contributed by atoms with Crippen LogP contribution >= 0.6 is 0 Å². The van der Waals surface area contributed by atoms with Gasteiger partial charge in [-0.15, -0.1) is 0 Å². The number of hydrogen-bond donors (Lipinski definition) is 2. The molecule has 1 saturated heterocycles.